The van der Waals surface area contributed by atoms with E-state index >= 15 is 0 Å². The number of rotatable bonds is 4. The van der Waals surface area contributed by atoms with E-state index in [0.717, 1.165) is 29.5 Å². The van der Waals surface area contributed by atoms with Crippen LogP contribution in [0.1, 0.15) is 10.8 Å². The predicted octanol–water partition coefficient (Wildman–Crippen LogP) is 3.28. The van der Waals surface area contributed by atoms with Gasteiger partial charge in [0, 0.05) is 4.90 Å². The summed E-state index contributed by atoms with van der Waals surface area (Å²) in [5, 5.41) is -0.633. The lowest BCUT2D eigenvalue weighted by atomic mass is 10.1. The van der Waals surface area contributed by atoms with Crippen molar-refractivity contribution in [2.45, 2.75) is 10.1 Å². The highest BCUT2D eigenvalue weighted by molar-refractivity contribution is 8.00. The summed E-state index contributed by atoms with van der Waals surface area (Å²) in [5.41, 5.74) is 6.08. The number of amides is 1. The molecule has 2 aromatic carbocycles. The number of primary amides is 1. The lowest BCUT2D eigenvalue weighted by Gasteiger charge is -2.13. The first-order chi connectivity index (χ1) is 9.08. The van der Waals surface area contributed by atoms with Crippen LogP contribution in [0.4, 0.5) is 8.78 Å². The van der Waals surface area contributed by atoms with Crippen LogP contribution < -0.4 is 5.73 Å². The van der Waals surface area contributed by atoms with Crippen molar-refractivity contribution >= 4 is 17.7 Å². The van der Waals surface area contributed by atoms with Crippen molar-refractivity contribution in [3.8, 4) is 0 Å². The van der Waals surface area contributed by atoms with Gasteiger partial charge in [-0.15, -0.1) is 11.8 Å². The van der Waals surface area contributed by atoms with E-state index in [-0.39, 0.29) is 0 Å². The summed E-state index contributed by atoms with van der Waals surface area (Å²) >= 11 is 1.09. The molecule has 0 heterocycles. The molecule has 19 heavy (non-hydrogen) atoms. The Bertz CT molecular complexity index is 589. The second-order valence-corrected chi connectivity index (χ2v) is 5.07. The van der Waals surface area contributed by atoms with Crippen LogP contribution in [-0.2, 0) is 4.79 Å². The van der Waals surface area contributed by atoms with Crippen molar-refractivity contribution in [1.82, 2.24) is 0 Å². The minimum Gasteiger partial charge on any atom is -0.368 e. The summed E-state index contributed by atoms with van der Waals surface area (Å²) in [6.07, 6.45) is 0. The van der Waals surface area contributed by atoms with Crippen LogP contribution in [-0.4, -0.2) is 5.91 Å². The van der Waals surface area contributed by atoms with Gasteiger partial charge in [-0.1, -0.05) is 30.3 Å². The number of halogens is 2. The van der Waals surface area contributed by atoms with Gasteiger partial charge in [-0.05, 0) is 23.8 Å². The first-order valence-corrected chi connectivity index (χ1v) is 6.42. The highest BCUT2D eigenvalue weighted by atomic mass is 32.2. The van der Waals surface area contributed by atoms with E-state index in [2.05, 4.69) is 0 Å². The highest BCUT2D eigenvalue weighted by Crippen LogP contribution is 2.35. The number of carbonyl (C=O) groups excluding carboxylic acids is 1. The van der Waals surface area contributed by atoms with Gasteiger partial charge in [0.2, 0.25) is 5.91 Å². The number of carbonyl (C=O) groups is 1. The van der Waals surface area contributed by atoms with Crippen molar-refractivity contribution in [3.63, 3.8) is 0 Å². The summed E-state index contributed by atoms with van der Waals surface area (Å²) in [6.45, 7) is 0. The van der Waals surface area contributed by atoms with E-state index in [1.165, 1.54) is 6.07 Å². The van der Waals surface area contributed by atoms with Crippen LogP contribution >= 0.6 is 11.8 Å². The first-order valence-electron chi connectivity index (χ1n) is 5.54. The third kappa shape index (κ3) is 3.32. The van der Waals surface area contributed by atoms with Crippen LogP contribution in [0.2, 0.25) is 0 Å². The molecule has 2 rings (SSSR count). The van der Waals surface area contributed by atoms with Gasteiger partial charge in [0.25, 0.3) is 0 Å². The topological polar surface area (TPSA) is 43.1 Å². The van der Waals surface area contributed by atoms with Gasteiger partial charge >= 0.3 is 0 Å². The Kier molecular flexibility index (Phi) is 4.16. The van der Waals surface area contributed by atoms with Crippen LogP contribution in [0.3, 0.4) is 0 Å². The third-order valence-corrected chi connectivity index (χ3v) is 3.77. The molecule has 0 aliphatic rings. The van der Waals surface area contributed by atoms with E-state index in [1.54, 1.807) is 24.3 Å². The molecule has 0 spiro atoms. The summed E-state index contributed by atoms with van der Waals surface area (Å²) in [7, 11) is 0. The van der Waals surface area contributed by atoms with E-state index in [1.807, 2.05) is 6.07 Å². The first kappa shape index (κ1) is 13.5. The minimum absolute atomic E-state index is 0.451. The molecule has 0 saturated carbocycles. The van der Waals surface area contributed by atoms with Crippen LogP contribution in [0.5, 0.6) is 0 Å². The average molecular weight is 279 g/mol. The van der Waals surface area contributed by atoms with Gasteiger partial charge in [0.15, 0.2) is 11.6 Å². The average Bonchev–Trinajstić information content (AvgIpc) is 2.40. The molecule has 0 saturated heterocycles. The molecule has 1 amide bonds. The van der Waals surface area contributed by atoms with Crippen molar-refractivity contribution < 1.29 is 13.6 Å². The van der Waals surface area contributed by atoms with Crippen molar-refractivity contribution in [2.75, 3.05) is 0 Å². The van der Waals surface area contributed by atoms with Crippen molar-refractivity contribution in [1.29, 1.82) is 0 Å². The molecular weight excluding hydrogens is 268 g/mol. The quantitative estimate of drug-likeness (QED) is 0.873. The summed E-state index contributed by atoms with van der Waals surface area (Å²) < 4.78 is 26.0. The second-order valence-electron chi connectivity index (χ2n) is 3.89. The molecule has 2 N–H and O–H groups in total. The van der Waals surface area contributed by atoms with Gasteiger partial charge in [-0.2, -0.15) is 0 Å². The van der Waals surface area contributed by atoms with Crippen molar-refractivity contribution in [3.05, 3.63) is 65.7 Å². The lowest BCUT2D eigenvalue weighted by Crippen LogP contribution is -2.18. The highest BCUT2D eigenvalue weighted by Gasteiger charge is 2.19. The third-order valence-electron chi connectivity index (χ3n) is 2.51. The lowest BCUT2D eigenvalue weighted by molar-refractivity contribution is -0.117. The Morgan fingerprint density at radius 3 is 2.32 bits per heavy atom. The van der Waals surface area contributed by atoms with Crippen LogP contribution in [0.25, 0.3) is 0 Å². The van der Waals surface area contributed by atoms with Crippen molar-refractivity contribution in [2.24, 2.45) is 5.73 Å². The summed E-state index contributed by atoms with van der Waals surface area (Å²) in [6, 6.07) is 12.4. The van der Waals surface area contributed by atoms with Crippen LogP contribution in [0.15, 0.2) is 53.4 Å². The zero-order valence-electron chi connectivity index (χ0n) is 9.85. The Balaban J connectivity index is 2.27. The van der Waals surface area contributed by atoms with E-state index < -0.39 is 22.8 Å². The second kappa shape index (κ2) is 5.84. The predicted molar refractivity (Wildman–Crippen MR) is 70.6 cm³/mol. The standard InChI is InChI=1S/C14H11F2NOS/c15-11-7-6-10(8-12(11)16)19-13(14(17)18)9-4-2-1-3-5-9/h1-8,13H,(H2,17,18)/t13-/m0/s1. The molecule has 0 unspecified atom stereocenters. The van der Waals surface area contributed by atoms with Gasteiger partial charge in [0.1, 0.15) is 5.25 Å². The maximum Gasteiger partial charge on any atom is 0.235 e. The molecule has 0 aromatic heterocycles. The largest absolute Gasteiger partial charge is 0.368 e. The van der Waals surface area contributed by atoms with Gasteiger partial charge < -0.3 is 5.73 Å². The molecule has 0 aliphatic carbocycles. The summed E-state index contributed by atoms with van der Waals surface area (Å²) in [5.74, 6) is -2.39. The zero-order chi connectivity index (χ0) is 13.8. The Morgan fingerprint density at radius 2 is 1.74 bits per heavy atom. The fourth-order valence-corrected chi connectivity index (χ4v) is 2.60. The molecule has 1 atom stereocenters. The van der Waals surface area contributed by atoms with Gasteiger partial charge in [-0.3, -0.25) is 4.79 Å². The smallest absolute Gasteiger partial charge is 0.235 e. The number of nitrogens with two attached hydrogens (primary N) is 1. The molecule has 0 radical (unpaired) electrons. The Morgan fingerprint density at radius 1 is 1.05 bits per heavy atom. The number of hydrogen-bond acceptors (Lipinski definition) is 2. The fraction of sp³-hybridized carbons (Fsp3) is 0.0714. The molecule has 98 valence electrons. The monoisotopic (exact) mass is 279 g/mol. The molecule has 5 heteroatoms. The number of hydrogen-bond donors (Lipinski definition) is 1. The molecule has 0 fully saturated rings. The number of benzene rings is 2. The van der Waals surface area contributed by atoms with E-state index in [9.17, 15) is 13.6 Å². The summed E-state index contributed by atoms with van der Waals surface area (Å²) in [4.78, 5) is 11.9. The molecule has 2 aromatic rings. The molecule has 0 aliphatic heterocycles. The molecular formula is C14H11F2NOS. The molecule has 2 nitrogen and oxygen atoms in total. The normalized spacial score (nSPS) is 12.1. The van der Waals surface area contributed by atoms with Gasteiger partial charge in [0.05, 0.1) is 0 Å². The minimum atomic E-state index is -0.943. The molecule has 0 bridgehead atoms. The van der Waals surface area contributed by atoms with E-state index in [4.69, 9.17) is 5.73 Å². The maximum atomic E-state index is 13.1. The van der Waals surface area contributed by atoms with E-state index in [0.29, 0.717) is 4.90 Å². The van der Waals surface area contributed by atoms with Crippen LogP contribution in [0, 0.1) is 11.6 Å². The number of thioether (sulfide) groups is 1. The SMILES string of the molecule is NC(=O)[C@@H](Sc1ccc(F)c(F)c1)c1ccccc1. The maximum absolute atomic E-state index is 13.1. The Labute approximate surface area is 113 Å². The zero-order valence-corrected chi connectivity index (χ0v) is 10.7. The van der Waals surface area contributed by atoms with Gasteiger partial charge in [-0.25, -0.2) is 8.78 Å². The fourth-order valence-electron chi connectivity index (χ4n) is 1.60. The Hall–Kier alpha value is -1.88.